The molecule has 1 rings (SSSR count). The molecule has 1 heterocycles. The smallest absolute Gasteiger partial charge is 0.0477 e. The van der Waals surface area contributed by atoms with Gasteiger partial charge in [0.25, 0.3) is 0 Å². The van der Waals surface area contributed by atoms with Gasteiger partial charge < -0.3 is 10.1 Å². The predicted octanol–water partition coefficient (Wildman–Crippen LogP) is 2.83. The molecule has 0 saturated carbocycles. The molecule has 0 aromatic carbocycles. The van der Waals surface area contributed by atoms with Crippen LogP contribution in [0.3, 0.4) is 0 Å². The van der Waals surface area contributed by atoms with Gasteiger partial charge >= 0.3 is 0 Å². The van der Waals surface area contributed by atoms with E-state index in [4.69, 9.17) is 4.74 Å². The fraction of sp³-hybridized carbons (Fsp3) is 0.636. The zero-order chi connectivity index (χ0) is 10.2. The predicted molar refractivity (Wildman–Crippen MR) is 61.8 cm³/mol. The molecule has 0 saturated heterocycles. The minimum atomic E-state index is 0.469. The number of thiophene rings is 1. The highest BCUT2D eigenvalue weighted by molar-refractivity contribution is 7.10. The topological polar surface area (TPSA) is 21.3 Å². The Morgan fingerprint density at radius 3 is 3.07 bits per heavy atom. The number of ether oxygens (including phenoxy) is 1. The molecule has 14 heavy (non-hydrogen) atoms. The van der Waals surface area contributed by atoms with Crippen molar-refractivity contribution in [3.8, 4) is 0 Å². The molecule has 0 spiro atoms. The van der Waals surface area contributed by atoms with Gasteiger partial charge in [0, 0.05) is 24.1 Å². The average Bonchev–Trinajstić information content (AvgIpc) is 2.70. The van der Waals surface area contributed by atoms with Crippen LogP contribution in [-0.2, 0) is 4.74 Å². The van der Waals surface area contributed by atoms with Crippen molar-refractivity contribution in [3.63, 3.8) is 0 Å². The molecule has 80 valence electrons. The second-order valence-electron chi connectivity index (χ2n) is 3.24. The van der Waals surface area contributed by atoms with E-state index in [1.807, 2.05) is 6.92 Å². The number of nitrogens with one attached hydrogen (secondary N) is 1. The number of hydrogen-bond donors (Lipinski definition) is 1. The Labute approximate surface area is 90.3 Å². The van der Waals surface area contributed by atoms with Crippen molar-refractivity contribution in [2.45, 2.75) is 26.3 Å². The van der Waals surface area contributed by atoms with Gasteiger partial charge in [-0.2, -0.15) is 0 Å². The molecule has 0 bridgehead atoms. The van der Waals surface area contributed by atoms with Gasteiger partial charge in [-0.1, -0.05) is 6.07 Å². The van der Waals surface area contributed by atoms with Gasteiger partial charge in [-0.3, -0.25) is 0 Å². The van der Waals surface area contributed by atoms with Crippen LogP contribution in [0, 0.1) is 0 Å². The van der Waals surface area contributed by atoms with Crippen LogP contribution in [-0.4, -0.2) is 19.8 Å². The summed E-state index contributed by atoms with van der Waals surface area (Å²) in [5, 5.41) is 5.59. The molecule has 0 aliphatic heterocycles. The first-order valence-electron chi connectivity index (χ1n) is 5.19. The first-order chi connectivity index (χ1) is 6.84. The molecular formula is C11H19NOS. The Bertz CT molecular complexity index is 223. The summed E-state index contributed by atoms with van der Waals surface area (Å²) in [4.78, 5) is 1.40. The Hall–Kier alpha value is -0.380. The summed E-state index contributed by atoms with van der Waals surface area (Å²) >= 11 is 1.81. The lowest BCUT2D eigenvalue weighted by atomic mass is 10.2. The van der Waals surface area contributed by atoms with Crippen molar-refractivity contribution in [3.05, 3.63) is 22.4 Å². The van der Waals surface area contributed by atoms with Crippen molar-refractivity contribution in [2.24, 2.45) is 0 Å². The zero-order valence-electron chi connectivity index (χ0n) is 8.95. The SMILES string of the molecule is CCOCCCNC(C)c1cccs1. The maximum Gasteiger partial charge on any atom is 0.0477 e. The lowest BCUT2D eigenvalue weighted by Crippen LogP contribution is -2.20. The maximum atomic E-state index is 5.27. The summed E-state index contributed by atoms with van der Waals surface area (Å²) in [6.07, 6.45) is 1.09. The standard InChI is InChI=1S/C11H19NOS/c1-3-13-8-5-7-12-10(2)11-6-4-9-14-11/h4,6,9-10,12H,3,5,7-8H2,1-2H3. The highest BCUT2D eigenvalue weighted by Gasteiger charge is 2.03. The third kappa shape index (κ3) is 4.22. The van der Waals surface area contributed by atoms with Gasteiger partial charge in [-0.25, -0.2) is 0 Å². The molecule has 1 unspecified atom stereocenters. The highest BCUT2D eigenvalue weighted by atomic mass is 32.1. The van der Waals surface area contributed by atoms with E-state index >= 15 is 0 Å². The molecule has 1 N–H and O–H groups in total. The van der Waals surface area contributed by atoms with E-state index in [1.54, 1.807) is 11.3 Å². The number of rotatable bonds is 7. The van der Waals surface area contributed by atoms with Crippen molar-refractivity contribution >= 4 is 11.3 Å². The average molecular weight is 213 g/mol. The van der Waals surface area contributed by atoms with Gasteiger partial charge in [0.2, 0.25) is 0 Å². The molecule has 3 heteroatoms. The second-order valence-corrected chi connectivity index (χ2v) is 4.22. The fourth-order valence-corrected chi connectivity index (χ4v) is 2.03. The van der Waals surface area contributed by atoms with E-state index in [2.05, 4.69) is 29.8 Å². The van der Waals surface area contributed by atoms with Crippen molar-refractivity contribution in [1.82, 2.24) is 5.32 Å². The van der Waals surface area contributed by atoms with Gasteiger partial charge in [-0.05, 0) is 38.3 Å². The molecule has 0 aliphatic rings. The quantitative estimate of drug-likeness (QED) is 0.703. The molecule has 1 aromatic rings. The van der Waals surface area contributed by atoms with Crippen LogP contribution in [0.2, 0.25) is 0 Å². The Kier molecular flexibility index (Phi) is 5.83. The molecule has 0 amide bonds. The summed E-state index contributed by atoms with van der Waals surface area (Å²) < 4.78 is 5.27. The van der Waals surface area contributed by atoms with Gasteiger partial charge in [0.15, 0.2) is 0 Å². The molecule has 0 fully saturated rings. The molecule has 0 radical (unpaired) electrons. The summed E-state index contributed by atoms with van der Waals surface area (Å²) in [6, 6.07) is 4.74. The van der Waals surface area contributed by atoms with E-state index in [9.17, 15) is 0 Å². The van der Waals surface area contributed by atoms with E-state index < -0.39 is 0 Å². The van der Waals surface area contributed by atoms with Gasteiger partial charge in [0.05, 0.1) is 0 Å². The van der Waals surface area contributed by atoms with Crippen LogP contribution in [0.25, 0.3) is 0 Å². The highest BCUT2D eigenvalue weighted by Crippen LogP contribution is 2.17. The van der Waals surface area contributed by atoms with E-state index in [0.29, 0.717) is 6.04 Å². The minimum Gasteiger partial charge on any atom is -0.382 e. The third-order valence-electron chi connectivity index (χ3n) is 2.09. The van der Waals surface area contributed by atoms with Gasteiger partial charge in [-0.15, -0.1) is 11.3 Å². The van der Waals surface area contributed by atoms with E-state index in [1.165, 1.54) is 4.88 Å². The largest absolute Gasteiger partial charge is 0.382 e. The summed E-state index contributed by atoms with van der Waals surface area (Å²) in [5.41, 5.74) is 0. The first-order valence-corrected chi connectivity index (χ1v) is 6.07. The lowest BCUT2D eigenvalue weighted by molar-refractivity contribution is 0.144. The molecule has 1 aromatic heterocycles. The number of hydrogen-bond acceptors (Lipinski definition) is 3. The van der Waals surface area contributed by atoms with E-state index in [0.717, 1.165) is 26.2 Å². The minimum absolute atomic E-state index is 0.469. The first kappa shape index (κ1) is 11.7. The van der Waals surface area contributed by atoms with Crippen LogP contribution >= 0.6 is 11.3 Å². The molecular weight excluding hydrogens is 194 g/mol. The summed E-state index contributed by atoms with van der Waals surface area (Å²) in [6.45, 7) is 6.94. The van der Waals surface area contributed by atoms with Crippen LogP contribution in [0.15, 0.2) is 17.5 Å². The molecule has 1 atom stereocenters. The maximum absolute atomic E-state index is 5.27. The fourth-order valence-electron chi connectivity index (χ4n) is 1.28. The summed E-state index contributed by atoms with van der Waals surface area (Å²) in [7, 11) is 0. The Morgan fingerprint density at radius 1 is 1.57 bits per heavy atom. The van der Waals surface area contributed by atoms with Crippen molar-refractivity contribution < 1.29 is 4.74 Å². The molecule has 2 nitrogen and oxygen atoms in total. The van der Waals surface area contributed by atoms with Crippen LogP contribution < -0.4 is 5.32 Å². The summed E-state index contributed by atoms with van der Waals surface area (Å²) in [5.74, 6) is 0. The lowest BCUT2D eigenvalue weighted by Gasteiger charge is -2.11. The third-order valence-corrected chi connectivity index (χ3v) is 3.15. The van der Waals surface area contributed by atoms with Crippen molar-refractivity contribution in [2.75, 3.05) is 19.8 Å². The normalized spacial score (nSPS) is 13.0. The van der Waals surface area contributed by atoms with Crippen LogP contribution in [0.5, 0.6) is 0 Å². The van der Waals surface area contributed by atoms with Crippen LogP contribution in [0.1, 0.15) is 31.2 Å². The monoisotopic (exact) mass is 213 g/mol. The van der Waals surface area contributed by atoms with Gasteiger partial charge in [0.1, 0.15) is 0 Å². The Morgan fingerprint density at radius 2 is 2.43 bits per heavy atom. The Balaban J connectivity index is 2.07. The molecule has 0 aliphatic carbocycles. The zero-order valence-corrected chi connectivity index (χ0v) is 9.77. The van der Waals surface area contributed by atoms with Crippen LogP contribution in [0.4, 0.5) is 0 Å². The van der Waals surface area contributed by atoms with Crippen molar-refractivity contribution in [1.29, 1.82) is 0 Å². The second kappa shape index (κ2) is 6.98. The van der Waals surface area contributed by atoms with E-state index in [-0.39, 0.29) is 0 Å².